The molecule has 29 heavy (non-hydrogen) atoms. The third kappa shape index (κ3) is 5.34. The maximum absolute atomic E-state index is 12.9. The van der Waals surface area contributed by atoms with E-state index >= 15 is 0 Å². The average Bonchev–Trinajstić information content (AvgIpc) is 3.52. The van der Waals surface area contributed by atoms with E-state index in [2.05, 4.69) is 29.4 Å². The smallest absolute Gasteiger partial charge is 0.236 e. The maximum Gasteiger partial charge on any atom is 0.236 e. The second kappa shape index (κ2) is 8.93. The van der Waals surface area contributed by atoms with E-state index in [-0.39, 0.29) is 11.7 Å². The van der Waals surface area contributed by atoms with Crippen LogP contribution in [0.4, 0.5) is 4.39 Å². The molecule has 1 aliphatic heterocycles. The van der Waals surface area contributed by atoms with Gasteiger partial charge in [-0.25, -0.2) is 4.39 Å². The molecule has 0 bridgehead atoms. The monoisotopic (exact) mass is 397 g/mol. The molecule has 2 atom stereocenters. The average molecular weight is 397 g/mol. The minimum atomic E-state index is -0.240. The van der Waals surface area contributed by atoms with Crippen molar-refractivity contribution in [2.45, 2.75) is 25.0 Å². The number of carbonyl (C=O) groups excluding carboxylic acids is 1. The van der Waals surface area contributed by atoms with E-state index < -0.39 is 0 Å². The van der Waals surface area contributed by atoms with Crippen molar-refractivity contribution >= 4 is 5.91 Å². The fourth-order valence-corrected chi connectivity index (χ4v) is 3.73. The highest BCUT2D eigenvalue weighted by atomic mass is 19.1. The highest BCUT2D eigenvalue weighted by Crippen LogP contribution is 2.41. The zero-order chi connectivity index (χ0) is 20.2. The van der Waals surface area contributed by atoms with Gasteiger partial charge in [-0.1, -0.05) is 24.3 Å². The molecule has 2 aliphatic rings. The van der Waals surface area contributed by atoms with Gasteiger partial charge in [0.2, 0.25) is 5.91 Å². The summed E-state index contributed by atoms with van der Waals surface area (Å²) in [5.74, 6) is 1.22. The number of carbonyl (C=O) groups is 1. The van der Waals surface area contributed by atoms with E-state index in [4.69, 9.17) is 4.74 Å². The standard InChI is InChI=1S/C23H28FN3O2/c1-26-10-12-27(13-11-26)23(28)15-25-22-14-21(22)18-4-8-20(9-5-18)29-16-17-2-6-19(24)7-3-17/h2-9,21-22,25H,10-16H2,1H3. The van der Waals surface area contributed by atoms with Crippen molar-refractivity contribution < 1.29 is 13.9 Å². The predicted octanol–water partition coefficient (Wildman–Crippen LogP) is 2.62. The van der Waals surface area contributed by atoms with E-state index in [9.17, 15) is 9.18 Å². The van der Waals surface area contributed by atoms with Crippen molar-refractivity contribution in [1.82, 2.24) is 15.1 Å². The molecular formula is C23H28FN3O2. The van der Waals surface area contributed by atoms with Gasteiger partial charge in [-0.05, 0) is 48.9 Å². The molecule has 1 amide bonds. The number of halogens is 1. The Morgan fingerprint density at radius 1 is 1.07 bits per heavy atom. The first-order chi connectivity index (χ1) is 14.1. The minimum absolute atomic E-state index is 0.202. The van der Waals surface area contributed by atoms with Crippen LogP contribution in [0.25, 0.3) is 0 Å². The lowest BCUT2D eigenvalue weighted by Crippen LogP contribution is -2.49. The van der Waals surface area contributed by atoms with E-state index in [0.29, 0.717) is 25.1 Å². The van der Waals surface area contributed by atoms with Crippen LogP contribution in [0.5, 0.6) is 5.75 Å². The summed E-state index contributed by atoms with van der Waals surface area (Å²) >= 11 is 0. The van der Waals surface area contributed by atoms with Gasteiger partial charge in [0.05, 0.1) is 6.54 Å². The van der Waals surface area contributed by atoms with Gasteiger partial charge >= 0.3 is 0 Å². The van der Waals surface area contributed by atoms with Crippen molar-refractivity contribution in [3.63, 3.8) is 0 Å². The van der Waals surface area contributed by atoms with Gasteiger partial charge in [-0.3, -0.25) is 4.79 Å². The van der Waals surface area contributed by atoms with E-state index in [1.165, 1.54) is 17.7 Å². The molecule has 2 fully saturated rings. The molecule has 1 saturated heterocycles. The summed E-state index contributed by atoms with van der Waals surface area (Å²) in [6.45, 7) is 4.39. The number of rotatable bonds is 7. The first-order valence-electron chi connectivity index (χ1n) is 10.3. The number of hydrogen-bond donors (Lipinski definition) is 1. The minimum Gasteiger partial charge on any atom is -0.489 e. The molecule has 1 heterocycles. The van der Waals surface area contributed by atoms with Crippen LogP contribution < -0.4 is 10.1 Å². The van der Waals surface area contributed by atoms with Crippen molar-refractivity contribution in [2.24, 2.45) is 0 Å². The van der Waals surface area contributed by atoms with Crippen molar-refractivity contribution in [2.75, 3.05) is 39.8 Å². The number of likely N-dealkylation sites (N-methyl/N-ethyl adjacent to an activating group) is 1. The van der Waals surface area contributed by atoms with Crippen molar-refractivity contribution in [1.29, 1.82) is 0 Å². The van der Waals surface area contributed by atoms with Crippen LogP contribution in [0.3, 0.4) is 0 Å². The number of amides is 1. The Morgan fingerprint density at radius 3 is 2.45 bits per heavy atom. The van der Waals surface area contributed by atoms with Crippen LogP contribution in [0.2, 0.25) is 0 Å². The summed E-state index contributed by atoms with van der Waals surface area (Å²) in [6, 6.07) is 14.8. The Bertz CT molecular complexity index is 817. The molecule has 0 aromatic heterocycles. The lowest BCUT2D eigenvalue weighted by molar-refractivity contribution is -0.131. The molecular weight excluding hydrogens is 369 g/mol. The van der Waals surface area contributed by atoms with Gasteiger partial charge in [-0.2, -0.15) is 0 Å². The number of hydrogen-bond acceptors (Lipinski definition) is 4. The summed E-state index contributed by atoms with van der Waals surface area (Å²) in [7, 11) is 2.09. The van der Waals surface area contributed by atoms with E-state index in [1.54, 1.807) is 12.1 Å². The van der Waals surface area contributed by atoms with Crippen LogP contribution in [0.15, 0.2) is 48.5 Å². The molecule has 4 rings (SSSR count). The third-order valence-electron chi connectivity index (χ3n) is 5.79. The van der Waals surface area contributed by atoms with Crippen molar-refractivity contribution in [3.8, 4) is 5.75 Å². The molecule has 154 valence electrons. The lowest BCUT2D eigenvalue weighted by atomic mass is 10.1. The van der Waals surface area contributed by atoms with Gasteiger partial charge in [-0.15, -0.1) is 0 Å². The Balaban J connectivity index is 1.20. The topological polar surface area (TPSA) is 44.8 Å². The Kier molecular flexibility index (Phi) is 6.11. The molecule has 5 nitrogen and oxygen atoms in total. The first kappa shape index (κ1) is 19.9. The normalized spacial score (nSPS) is 21.8. The largest absolute Gasteiger partial charge is 0.489 e. The van der Waals surface area contributed by atoms with E-state index in [1.807, 2.05) is 17.0 Å². The Morgan fingerprint density at radius 2 is 1.76 bits per heavy atom. The maximum atomic E-state index is 12.9. The van der Waals surface area contributed by atoms with Crippen molar-refractivity contribution in [3.05, 3.63) is 65.5 Å². The second-order valence-corrected chi connectivity index (χ2v) is 8.00. The Hall–Kier alpha value is -2.44. The van der Waals surface area contributed by atoms with Gasteiger partial charge in [0.1, 0.15) is 18.2 Å². The highest BCUT2D eigenvalue weighted by Gasteiger charge is 2.38. The summed E-state index contributed by atoms with van der Waals surface area (Å²) in [5, 5.41) is 3.41. The van der Waals surface area contributed by atoms with Crippen LogP contribution in [0, 0.1) is 5.82 Å². The highest BCUT2D eigenvalue weighted by molar-refractivity contribution is 5.78. The summed E-state index contributed by atoms with van der Waals surface area (Å²) in [6.07, 6.45) is 1.06. The fraction of sp³-hybridized carbons (Fsp3) is 0.435. The lowest BCUT2D eigenvalue weighted by Gasteiger charge is -2.32. The molecule has 6 heteroatoms. The number of ether oxygens (including phenoxy) is 1. The second-order valence-electron chi connectivity index (χ2n) is 8.00. The van der Waals surface area contributed by atoms with Gasteiger partial charge < -0.3 is 19.9 Å². The number of benzene rings is 2. The van der Waals surface area contributed by atoms with Gasteiger partial charge in [0.25, 0.3) is 0 Å². The molecule has 2 aromatic carbocycles. The summed E-state index contributed by atoms with van der Waals surface area (Å²) in [4.78, 5) is 16.5. The Labute approximate surface area is 171 Å². The summed E-state index contributed by atoms with van der Waals surface area (Å²) in [5.41, 5.74) is 2.20. The quantitative estimate of drug-likeness (QED) is 0.780. The fourth-order valence-electron chi connectivity index (χ4n) is 3.73. The van der Waals surface area contributed by atoms with Gasteiger partial charge in [0.15, 0.2) is 0 Å². The zero-order valence-corrected chi connectivity index (χ0v) is 16.8. The SMILES string of the molecule is CN1CCN(C(=O)CNC2CC2c2ccc(OCc3ccc(F)cc3)cc2)CC1. The van der Waals surface area contributed by atoms with Crippen LogP contribution in [-0.2, 0) is 11.4 Å². The molecule has 2 aromatic rings. The first-order valence-corrected chi connectivity index (χ1v) is 10.3. The van der Waals surface area contributed by atoms with Gasteiger partial charge in [0, 0.05) is 38.1 Å². The third-order valence-corrected chi connectivity index (χ3v) is 5.79. The molecule has 2 unspecified atom stereocenters. The molecule has 1 saturated carbocycles. The van der Waals surface area contributed by atoms with Crippen LogP contribution >= 0.6 is 0 Å². The molecule has 0 spiro atoms. The number of piperazine rings is 1. The summed E-state index contributed by atoms with van der Waals surface area (Å²) < 4.78 is 18.7. The molecule has 0 radical (unpaired) electrons. The number of nitrogens with one attached hydrogen (secondary N) is 1. The molecule has 1 aliphatic carbocycles. The van der Waals surface area contributed by atoms with Crippen LogP contribution in [-0.4, -0.2) is 61.5 Å². The van der Waals surface area contributed by atoms with Crippen LogP contribution in [0.1, 0.15) is 23.5 Å². The molecule has 1 N–H and O–H groups in total. The number of nitrogens with zero attached hydrogens (tertiary/aromatic N) is 2. The van der Waals surface area contributed by atoms with E-state index in [0.717, 1.165) is 43.9 Å². The predicted molar refractivity (Wildman–Crippen MR) is 110 cm³/mol. The zero-order valence-electron chi connectivity index (χ0n) is 16.8.